The number of ether oxygens (including phenoxy) is 6. The Hall–Kier alpha value is -11.6. The zero-order valence-corrected chi connectivity index (χ0v) is 59.9. The average Bonchev–Trinajstić information content (AvgIpc) is 1.29. The molecule has 11 aromatic rings. The van der Waals surface area contributed by atoms with Crippen molar-refractivity contribution in [1.29, 1.82) is 0 Å². The van der Waals surface area contributed by atoms with E-state index in [1.165, 1.54) is 63.5 Å². The molecule has 3 amide bonds. The van der Waals surface area contributed by atoms with Crippen LogP contribution in [-0.2, 0) is 46.5 Å². The maximum absolute atomic E-state index is 14.8. The summed E-state index contributed by atoms with van der Waals surface area (Å²) in [5.41, 5.74) is 12.4. The molecule has 0 unspecified atom stereocenters. The number of nitrogens with zero attached hydrogens (tertiary/aromatic N) is 5. The second kappa shape index (κ2) is 33.9. The minimum absolute atomic E-state index is 0.0676. The van der Waals surface area contributed by atoms with E-state index >= 15 is 0 Å². The number of aromatic nitrogens is 5. The lowest BCUT2D eigenvalue weighted by Crippen LogP contribution is -2.16. The lowest BCUT2D eigenvalue weighted by Gasteiger charge is -2.15. The third kappa shape index (κ3) is 16.5. The minimum Gasteiger partial charge on any atom is -0.495 e. The van der Waals surface area contributed by atoms with Crippen LogP contribution in [0, 0.1) is 11.6 Å². The fraction of sp³-hybridized carbons (Fsp3) is 0.139. The van der Waals surface area contributed by atoms with Gasteiger partial charge in [-0.05, 0) is 107 Å². The van der Waals surface area contributed by atoms with Gasteiger partial charge in [-0.2, -0.15) is 0 Å². The molecule has 1 aliphatic rings. The summed E-state index contributed by atoms with van der Waals surface area (Å²) in [6.07, 6.45) is 11.6. The summed E-state index contributed by atoms with van der Waals surface area (Å²) in [6, 6.07) is 41.1. The maximum Gasteiger partial charge on any atom is 0.268 e. The number of rotatable bonds is 22. The number of amides is 3. The van der Waals surface area contributed by atoms with E-state index in [1.54, 1.807) is 68.9 Å². The van der Waals surface area contributed by atoms with Crippen LogP contribution in [0.25, 0.3) is 27.6 Å². The smallest absolute Gasteiger partial charge is 0.268 e. The molecule has 0 bridgehead atoms. The molecule has 0 radical (unpaired) electrons. The highest BCUT2D eigenvalue weighted by molar-refractivity contribution is 6.42. The summed E-state index contributed by atoms with van der Waals surface area (Å²) >= 11 is 26.0. The lowest BCUT2D eigenvalue weighted by molar-refractivity contribution is -0.112. The van der Waals surface area contributed by atoms with E-state index in [0.717, 1.165) is 73.2 Å². The normalized spacial score (nSPS) is 11.2. The Kier molecular flexibility index (Phi) is 24.5. The summed E-state index contributed by atoms with van der Waals surface area (Å²) in [7, 11) is 8.44. The van der Waals surface area contributed by atoms with Crippen molar-refractivity contribution in [3.05, 3.63) is 289 Å². The summed E-state index contributed by atoms with van der Waals surface area (Å²) in [5.74, 6) is -3.52. The van der Waals surface area contributed by atoms with Gasteiger partial charge in [-0.3, -0.25) is 48.1 Å². The van der Waals surface area contributed by atoms with E-state index in [0.29, 0.717) is 86.4 Å². The molecule has 3 N–H and O–H groups in total. The van der Waals surface area contributed by atoms with Crippen LogP contribution in [0.1, 0.15) is 71.3 Å². The van der Waals surface area contributed by atoms with Crippen LogP contribution in [-0.4, -0.2) is 96.3 Å². The summed E-state index contributed by atoms with van der Waals surface area (Å²) in [5, 5.41) is 9.56. The quantitative estimate of drug-likeness (QED) is 0.0537. The van der Waals surface area contributed by atoms with Crippen LogP contribution in [0.15, 0.2) is 196 Å². The lowest BCUT2D eigenvalue weighted by atomic mass is 9.99. The first kappa shape index (κ1) is 75.1. The van der Waals surface area contributed by atoms with Gasteiger partial charge in [0.1, 0.15) is 28.6 Å². The number of benzene rings is 6. The first-order valence-electron chi connectivity index (χ1n) is 31.7. The number of carbonyl (C=O) groups excluding carboxylic acids is 5. The Bertz CT molecular complexity index is 4940. The monoisotopic (exact) mass is 1480 g/mol. The van der Waals surface area contributed by atoms with Crippen molar-refractivity contribution in [2.24, 2.45) is 0 Å². The van der Waals surface area contributed by atoms with Gasteiger partial charge in [0.15, 0.2) is 23.1 Å². The Balaban J connectivity index is 0.000000167. The molecule has 5 heterocycles. The first-order valence-corrected chi connectivity index (χ1v) is 33.3. The molecular weight excluding hydrogens is 1420 g/mol. The van der Waals surface area contributed by atoms with Crippen molar-refractivity contribution < 1.29 is 61.2 Å². The van der Waals surface area contributed by atoms with Gasteiger partial charge in [0.05, 0.1) is 96.1 Å². The number of methoxy groups -OCH3 is 6. The van der Waals surface area contributed by atoms with E-state index in [4.69, 9.17) is 84.8 Å². The second-order valence-electron chi connectivity index (χ2n) is 22.8. The molecule has 0 saturated carbocycles. The zero-order chi connectivity index (χ0) is 74.5. The number of fused-ring (bicyclic) bond motifs is 3. The fourth-order valence-electron chi connectivity index (χ4n) is 11.5. The first-order chi connectivity index (χ1) is 50.2. The molecule has 6 aromatic carbocycles. The molecule has 0 spiro atoms. The van der Waals surface area contributed by atoms with Gasteiger partial charge < -0.3 is 44.4 Å². The second-order valence-corrected chi connectivity index (χ2v) is 24.4. The number of pyridine rings is 3. The number of nitrogens with one attached hydrogen (secondary N) is 3. The number of carbonyl (C=O) groups is 5. The van der Waals surface area contributed by atoms with Gasteiger partial charge >= 0.3 is 0 Å². The van der Waals surface area contributed by atoms with E-state index < -0.39 is 29.0 Å². The molecule has 104 heavy (non-hydrogen) atoms. The number of hydrogen-bond acceptors (Lipinski definition) is 14. The van der Waals surface area contributed by atoms with E-state index in [9.17, 15) is 32.8 Å². The molecule has 530 valence electrons. The van der Waals surface area contributed by atoms with Crippen molar-refractivity contribution in [1.82, 2.24) is 24.1 Å². The van der Waals surface area contributed by atoms with Gasteiger partial charge in [-0.1, -0.05) is 133 Å². The molecule has 12 rings (SSSR count). The number of hydrogen-bond donors (Lipinski definition) is 3. The topological polar surface area (TPSA) is 225 Å². The average molecular weight is 1480 g/mol. The third-order valence-electron chi connectivity index (χ3n) is 16.7. The van der Waals surface area contributed by atoms with Gasteiger partial charge in [-0.15, -0.1) is 0 Å². The molecule has 1 aliphatic carbocycles. The summed E-state index contributed by atoms with van der Waals surface area (Å²) in [6.45, 7) is 10.5. The number of allylic oxidation sites excluding steroid dienone is 2. The highest BCUT2D eigenvalue weighted by Gasteiger charge is 2.30. The van der Waals surface area contributed by atoms with E-state index in [2.05, 4.69) is 52.8 Å². The van der Waals surface area contributed by atoms with Gasteiger partial charge in [-0.25, -0.2) is 8.78 Å². The van der Waals surface area contributed by atoms with E-state index in [-0.39, 0.29) is 56.3 Å². The molecule has 19 nitrogen and oxygen atoms in total. The Labute approximate surface area is 616 Å². The van der Waals surface area contributed by atoms with Gasteiger partial charge in [0.25, 0.3) is 11.8 Å². The Morgan fingerprint density at radius 1 is 0.452 bits per heavy atom. The molecule has 5 aromatic heterocycles. The molecule has 0 fully saturated rings. The van der Waals surface area contributed by atoms with Crippen LogP contribution in [0.5, 0.6) is 34.5 Å². The number of halogens is 6. The van der Waals surface area contributed by atoms with Crippen LogP contribution < -0.4 is 44.4 Å². The molecular formula is C79H66Cl4F2N8O11. The largest absolute Gasteiger partial charge is 0.495 e. The summed E-state index contributed by atoms with van der Waals surface area (Å²) < 4.78 is 63.4. The molecule has 25 heteroatoms. The highest BCUT2D eigenvalue weighted by Crippen LogP contribution is 2.45. The highest BCUT2D eigenvalue weighted by atomic mass is 35.5. The van der Waals surface area contributed by atoms with Crippen molar-refractivity contribution in [2.45, 2.75) is 32.1 Å². The maximum atomic E-state index is 14.8. The molecule has 0 atom stereocenters. The summed E-state index contributed by atoms with van der Waals surface area (Å²) in [4.78, 5) is 76.0. The minimum atomic E-state index is -1.12. The van der Waals surface area contributed by atoms with Crippen LogP contribution in [0.4, 0.5) is 25.8 Å². The Morgan fingerprint density at radius 3 is 1.20 bits per heavy atom. The van der Waals surface area contributed by atoms with Crippen molar-refractivity contribution >= 4 is 121 Å². The van der Waals surface area contributed by atoms with Crippen molar-refractivity contribution in [2.75, 3.05) is 58.6 Å². The van der Waals surface area contributed by atoms with Crippen LogP contribution in [0.2, 0.25) is 20.1 Å². The molecule has 0 saturated heterocycles. The number of para-hydroxylation sites is 3. The fourth-order valence-corrected chi connectivity index (χ4v) is 12.8. The SMILES string of the molecule is C=CC(=O)Nc1ccccc1Cc1ccc2c(ccn2C(=O)c2c(Cl)c(OC)cc(OC)c2Cl)n1.C=CC(=O)Nc1ccccc1Cc1ccc2c(ccn2C(=O)c2c(F)c(OC)cc(OC)c2F)n1.C=CC(=O)Nc1ccccc1Cc1ccc2c(n1)CC=C2Cc1c(Cl)c(OC)cc(OC)c1Cl. The Morgan fingerprint density at radius 2 is 0.808 bits per heavy atom. The van der Waals surface area contributed by atoms with Gasteiger partial charge in [0.2, 0.25) is 17.7 Å². The predicted octanol–water partition coefficient (Wildman–Crippen LogP) is 16.8. The van der Waals surface area contributed by atoms with E-state index in [1.807, 2.05) is 72.8 Å². The molecule has 0 aliphatic heterocycles. The standard InChI is InChI=1S/C27H24Cl2N2O3.C26H21Cl2N3O4.C26H21F2N3O4/c1-4-25(32)31-21-8-6-5-7-17(21)13-18-10-11-19-16(9-12-22(19)30-18)14-20-26(28)23(33-2)15-24(34-3)27(20)29;2*1-4-22(32)30-17-8-6-5-7-15(17)13-16-9-10-19-18(29-16)11-12-31(19)26(33)23-24(27)20(34-2)14-21(35-3)25(23)28/h4-11,15H,1,12-14H2,2-3H3,(H,31,32);2*4-12,14H,1,13H2,2-3H3,(H,30,32). The van der Waals surface area contributed by atoms with Crippen LogP contribution >= 0.6 is 46.4 Å². The van der Waals surface area contributed by atoms with Gasteiger partial charge in [0, 0.05) is 102 Å². The number of anilines is 3. The van der Waals surface area contributed by atoms with Crippen molar-refractivity contribution in [3.8, 4) is 34.5 Å². The van der Waals surface area contributed by atoms with Crippen LogP contribution in [0.3, 0.4) is 0 Å². The third-order valence-corrected chi connectivity index (χ3v) is 18.2. The predicted molar refractivity (Wildman–Crippen MR) is 401 cm³/mol. The van der Waals surface area contributed by atoms with Crippen molar-refractivity contribution in [3.63, 3.8) is 0 Å². The zero-order valence-electron chi connectivity index (χ0n) is 56.9.